The molecule has 0 fully saturated rings. The fraction of sp³-hybridized carbons (Fsp3) is 0.625. The van der Waals surface area contributed by atoms with Crippen molar-refractivity contribution in [3.8, 4) is 5.75 Å². The zero-order valence-corrected chi connectivity index (χ0v) is 13.3. The molecule has 3 nitrogen and oxygen atoms in total. The summed E-state index contributed by atoms with van der Waals surface area (Å²) in [6.45, 7) is 8.62. The molecule has 1 N–H and O–H groups in total. The summed E-state index contributed by atoms with van der Waals surface area (Å²) in [4.78, 5) is 0. The number of fused-ring (bicyclic) bond motifs is 1. The molecule has 1 aromatic carbocycles. The summed E-state index contributed by atoms with van der Waals surface area (Å²) in [6.07, 6.45) is 2.08. The molecule has 1 unspecified atom stereocenters. The molecule has 1 aliphatic rings. The maximum absolute atomic E-state index is 6.21. The summed E-state index contributed by atoms with van der Waals surface area (Å²) in [5.41, 5.74) is 2.41. The van der Waals surface area contributed by atoms with Gasteiger partial charge in [0.25, 0.3) is 0 Å². The normalized spacial score (nSPS) is 15.2. The van der Waals surface area contributed by atoms with Gasteiger partial charge in [0.05, 0.1) is 19.3 Å². The van der Waals surface area contributed by atoms with Gasteiger partial charge < -0.3 is 14.8 Å². The Morgan fingerprint density at radius 2 is 2.20 bits per heavy atom. The van der Waals surface area contributed by atoms with Crippen LogP contribution in [0.3, 0.4) is 0 Å². The smallest absolute Gasteiger partial charge is 0.125 e. The Hall–Kier alpha value is -0.770. The fourth-order valence-electron chi connectivity index (χ4n) is 2.55. The van der Waals surface area contributed by atoms with Crippen molar-refractivity contribution in [3.05, 3.63) is 28.3 Å². The van der Waals surface area contributed by atoms with Gasteiger partial charge in [-0.05, 0) is 50.1 Å². The molecule has 0 saturated carbocycles. The van der Waals surface area contributed by atoms with Gasteiger partial charge in [0.1, 0.15) is 5.75 Å². The Morgan fingerprint density at radius 1 is 1.40 bits per heavy atom. The van der Waals surface area contributed by atoms with E-state index < -0.39 is 0 Å². The molecular formula is C16H24ClNO2. The SMILES string of the molecule is CCNC(COC(C)C)Cc1cc(Cl)cc2c1OCC2. The number of hydrogen-bond acceptors (Lipinski definition) is 3. The number of halogens is 1. The molecule has 1 aliphatic heterocycles. The highest BCUT2D eigenvalue weighted by Crippen LogP contribution is 2.33. The molecule has 20 heavy (non-hydrogen) atoms. The van der Waals surface area contributed by atoms with Crippen LogP contribution in [-0.4, -0.2) is 31.9 Å². The van der Waals surface area contributed by atoms with Crippen molar-refractivity contribution in [1.82, 2.24) is 5.32 Å². The zero-order valence-electron chi connectivity index (χ0n) is 12.5. The third-order valence-electron chi connectivity index (χ3n) is 3.42. The van der Waals surface area contributed by atoms with E-state index in [4.69, 9.17) is 21.1 Å². The van der Waals surface area contributed by atoms with Crippen molar-refractivity contribution >= 4 is 11.6 Å². The quantitative estimate of drug-likeness (QED) is 0.838. The van der Waals surface area contributed by atoms with Crippen molar-refractivity contribution in [2.75, 3.05) is 19.8 Å². The predicted octanol–water partition coefficient (Wildman–Crippen LogP) is 3.22. The Bertz CT molecular complexity index is 448. The lowest BCUT2D eigenvalue weighted by Crippen LogP contribution is -2.36. The van der Waals surface area contributed by atoms with Gasteiger partial charge in [-0.15, -0.1) is 0 Å². The van der Waals surface area contributed by atoms with Crippen LogP contribution in [0.25, 0.3) is 0 Å². The molecule has 1 heterocycles. The van der Waals surface area contributed by atoms with Crippen molar-refractivity contribution in [2.45, 2.75) is 45.8 Å². The highest BCUT2D eigenvalue weighted by molar-refractivity contribution is 6.30. The topological polar surface area (TPSA) is 30.5 Å². The van der Waals surface area contributed by atoms with E-state index in [2.05, 4.69) is 26.1 Å². The van der Waals surface area contributed by atoms with E-state index in [1.807, 2.05) is 12.1 Å². The number of benzene rings is 1. The van der Waals surface area contributed by atoms with Gasteiger partial charge >= 0.3 is 0 Å². The lowest BCUT2D eigenvalue weighted by molar-refractivity contribution is 0.0615. The van der Waals surface area contributed by atoms with E-state index in [0.29, 0.717) is 6.61 Å². The molecule has 1 aromatic rings. The van der Waals surface area contributed by atoms with Gasteiger partial charge in [-0.1, -0.05) is 18.5 Å². The van der Waals surface area contributed by atoms with Gasteiger partial charge in [-0.3, -0.25) is 0 Å². The first-order valence-corrected chi connectivity index (χ1v) is 7.77. The first-order chi connectivity index (χ1) is 9.60. The summed E-state index contributed by atoms with van der Waals surface area (Å²) in [5, 5.41) is 4.27. The minimum Gasteiger partial charge on any atom is -0.493 e. The van der Waals surface area contributed by atoms with E-state index in [1.54, 1.807) is 0 Å². The maximum Gasteiger partial charge on any atom is 0.125 e. The molecule has 1 atom stereocenters. The van der Waals surface area contributed by atoms with Crippen molar-refractivity contribution in [1.29, 1.82) is 0 Å². The third kappa shape index (κ3) is 4.11. The van der Waals surface area contributed by atoms with Crippen LogP contribution in [-0.2, 0) is 17.6 Å². The van der Waals surface area contributed by atoms with Crippen molar-refractivity contribution < 1.29 is 9.47 Å². The number of hydrogen-bond donors (Lipinski definition) is 1. The summed E-state index contributed by atoms with van der Waals surface area (Å²) in [6, 6.07) is 4.32. The Balaban J connectivity index is 2.10. The molecule has 0 radical (unpaired) electrons. The van der Waals surface area contributed by atoms with Crippen LogP contribution < -0.4 is 10.1 Å². The van der Waals surface area contributed by atoms with Crippen LogP contribution >= 0.6 is 11.6 Å². The Morgan fingerprint density at radius 3 is 2.90 bits per heavy atom. The highest BCUT2D eigenvalue weighted by atomic mass is 35.5. The van der Waals surface area contributed by atoms with E-state index in [1.165, 1.54) is 11.1 Å². The monoisotopic (exact) mass is 297 g/mol. The minimum absolute atomic E-state index is 0.248. The molecule has 0 saturated heterocycles. The minimum atomic E-state index is 0.248. The van der Waals surface area contributed by atoms with Gasteiger partial charge in [-0.2, -0.15) is 0 Å². The molecule has 4 heteroatoms. The summed E-state index contributed by atoms with van der Waals surface area (Å²) < 4.78 is 11.5. The number of rotatable bonds is 7. The van der Waals surface area contributed by atoms with Gasteiger partial charge in [0, 0.05) is 17.5 Å². The number of nitrogens with one attached hydrogen (secondary N) is 1. The standard InChI is InChI=1S/C16H24ClNO2/c1-4-18-15(10-20-11(2)3)9-13-8-14(17)7-12-5-6-19-16(12)13/h7-8,11,15,18H,4-6,9-10H2,1-3H3. The second-order valence-corrected chi connectivity index (χ2v) is 5.93. The third-order valence-corrected chi connectivity index (χ3v) is 3.63. The van der Waals surface area contributed by atoms with Crippen LogP contribution in [0.1, 0.15) is 31.9 Å². The molecule has 0 aliphatic carbocycles. The van der Waals surface area contributed by atoms with E-state index in [-0.39, 0.29) is 12.1 Å². The number of ether oxygens (including phenoxy) is 2. The predicted molar refractivity (Wildman–Crippen MR) is 82.9 cm³/mol. The maximum atomic E-state index is 6.21. The highest BCUT2D eigenvalue weighted by Gasteiger charge is 2.20. The molecule has 2 rings (SSSR count). The fourth-order valence-corrected chi connectivity index (χ4v) is 2.81. The van der Waals surface area contributed by atoms with E-state index in [9.17, 15) is 0 Å². The molecule has 0 spiro atoms. The molecule has 0 aromatic heterocycles. The van der Waals surface area contributed by atoms with E-state index in [0.717, 1.165) is 36.8 Å². The first-order valence-electron chi connectivity index (χ1n) is 7.39. The first kappa shape index (κ1) is 15.6. The Kier molecular flexibility index (Phi) is 5.70. The second-order valence-electron chi connectivity index (χ2n) is 5.49. The van der Waals surface area contributed by atoms with Gasteiger partial charge in [-0.25, -0.2) is 0 Å². The molecule has 112 valence electrons. The second kappa shape index (κ2) is 7.30. The Labute approximate surface area is 126 Å². The van der Waals surface area contributed by atoms with Crippen LogP contribution in [0.2, 0.25) is 5.02 Å². The van der Waals surface area contributed by atoms with Crippen LogP contribution in [0.5, 0.6) is 5.75 Å². The van der Waals surface area contributed by atoms with Gasteiger partial charge in [0.15, 0.2) is 0 Å². The average molecular weight is 298 g/mol. The van der Waals surface area contributed by atoms with Crippen molar-refractivity contribution in [2.24, 2.45) is 0 Å². The molecule has 0 bridgehead atoms. The lowest BCUT2D eigenvalue weighted by Gasteiger charge is -2.21. The van der Waals surface area contributed by atoms with Crippen LogP contribution in [0.4, 0.5) is 0 Å². The molecule has 0 amide bonds. The summed E-state index contributed by atoms with van der Waals surface area (Å²) in [7, 11) is 0. The molecular weight excluding hydrogens is 274 g/mol. The lowest BCUT2D eigenvalue weighted by atomic mass is 10.0. The van der Waals surface area contributed by atoms with Crippen molar-refractivity contribution in [3.63, 3.8) is 0 Å². The largest absolute Gasteiger partial charge is 0.493 e. The average Bonchev–Trinajstić information content (AvgIpc) is 2.84. The van der Waals surface area contributed by atoms with E-state index >= 15 is 0 Å². The summed E-state index contributed by atoms with van der Waals surface area (Å²) >= 11 is 6.21. The van der Waals surface area contributed by atoms with Crippen LogP contribution in [0.15, 0.2) is 12.1 Å². The van der Waals surface area contributed by atoms with Crippen LogP contribution in [0, 0.1) is 0 Å². The van der Waals surface area contributed by atoms with Gasteiger partial charge in [0.2, 0.25) is 0 Å². The number of likely N-dealkylation sites (N-methyl/N-ethyl adjacent to an activating group) is 1. The summed E-state index contributed by atoms with van der Waals surface area (Å²) in [5.74, 6) is 1.03. The zero-order chi connectivity index (χ0) is 14.5.